The molecule has 0 aromatic heterocycles. The van der Waals surface area contributed by atoms with Crippen LogP contribution in [-0.4, -0.2) is 35.2 Å². The third-order valence-corrected chi connectivity index (χ3v) is 5.11. The number of likely N-dealkylation sites (tertiary alicyclic amines) is 1. The average Bonchev–Trinajstić information content (AvgIpc) is 2.51. The first kappa shape index (κ1) is 16.9. The number of benzene rings is 1. The van der Waals surface area contributed by atoms with E-state index in [1.807, 2.05) is 0 Å². The quantitative estimate of drug-likeness (QED) is 0.822. The lowest BCUT2D eigenvalue weighted by Gasteiger charge is -2.43. The Morgan fingerprint density at radius 3 is 2.67 bits per heavy atom. The Bertz CT molecular complexity index is 421. The molecule has 0 radical (unpaired) electrons. The Labute approximate surface area is 136 Å². The summed E-state index contributed by atoms with van der Waals surface area (Å²) in [6, 6.07) is 9.37. The Hall–Kier alpha value is -0.420. The number of nitrogens with zero attached hydrogens (tertiary/aromatic N) is 1. The van der Waals surface area contributed by atoms with Gasteiger partial charge in [-0.2, -0.15) is 0 Å². The van der Waals surface area contributed by atoms with Gasteiger partial charge in [0.15, 0.2) is 0 Å². The first-order valence-electron chi connectivity index (χ1n) is 8.05. The fourth-order valence-electron chi connectivity index (χ4n) is 3.42. The van der Waals surface area contributed by atoms with E-state index < -0.39 is 0 Å². The van der Waals surface area contributed by atoms with Crippen LogP contribution in [0.2, 0.25) is 0 Å². The van der Waals surface area contributed by atoms with Crippen molar-refractivity contribution in [3.8, 4) is 0 Å². The topological polar surface area (TPSA) is 49.5 Å². The van der Waals surface area contributed by atoms with Crippen LogP contribution in [-0.2, 0) is 0 Å². The number of aliphatic hydroxyl groups excluding tert-OH is 1. The summed E-state index contributed by atoms with van der Waals surface area (Å²) < 4.78 is 1.10. The van der Waals surface area contributed by atoms with E-state index in [2.05, 4.69) is 52.0 Å². The zero-order chi connectivity index (χ0) is 15.2. The van der Waals surface area contributed by atoms with E-state index >= 15 is 0 Å². The smallest absolute Gasteiger partial charge is 0.0502 e. The van der Waals surface area contributed by atoms with Crippen molar-refractivity contribution in [2.45, 2.75) is 57.2 Å². The minimum Gasteiger partial charge on any atom is -0.396 e. The molecule has 1 aliphatic heterocycles. The summed E-state index contributed by atoms with van der Waals surface area (Å²) >= 11 is 3.50. The van der Waals surface area contributed by atoms with Crippen molar-refractivity contribution < 1.29 is 5.11 Å². The van der Waals surface area contributed by atoms with E-state index in [4.69, 9.17) is 5.73 Å². The van der Waals surface area contributed by atoms with Gasteiger partial charge in [-0.1, -0.05) is 41.4 Å². The van der Waals surface area contributed by atoms with Crippen molar-refractivity contribution in [3.63, 3.8) is 0 Å². The van der Waals surface area contributed by atoms with Crippen LogP contribution in [0.1, 0.15) is 50.6 Å². The van der Waals surface area contributed by atoms with Gasteiger partial charge in [0.25, 0.3) is 0 Å². The lowest BCUT2D eigenvalue weighted by molar-refractivity contribution is 0.0619. The second-order valence-electron chi connectivity index (χ2n) is 5.97. The van der Waals surface area contributed by atoms with E-state index in [1.165, 1.54) is 24.8 Å². The van der Waals surface area contributed by atoms with Crippen LogP contribution in [0.5, 0.6) is 0 Å². The molecule has 0 bridgehead atoms. The van der Waals surface area contributed by atoms with Crippen LogP contribution >= 0.6 is 15.9 Å². The number of aliphatic hydroxyl groups is 1. The summed E-state index contributed by atoms with van der Waals surface area (Å²) in [6.07, 6.45) is 5.47. The Morgan fingerprint density at radius 2 is 2.05 bits per heavy atom. The van der Waals surface area contributed by atoms with E-state index in [1.54, 1.807) is 0 Å². The predicted octanol–water partition coefficient (Wildman–Crippen LogP) is 3.46. The van der Waals surface area contributed by atoms with Crippen LogP contribution in [0.25, 0.3) is 0 Å². The van der Waals surface area contributed by atoms with E-state index in [9.17, 15) is 5.11 Å². The highest BCUT2D eigenvalue weighted by atomic mass is 79.9. The minimum atomic E-state index is 0.130. The normalized spacial score (nSPS) is 23.0. The largest absolute Gasteiger partial charge is 0.396 e. The number of piperidine rings is 1. The molecule has 0 spiro atoms. The van der Waals surface area contributed by atoms with Gasteiger partial charge in [0, 0.05) is 23.2 Å². The summed E-state index contributed by atoms with van der Waals surface area (Å²) in [5.74, 6) is 0. The molecule has 0 saturated carbocycles. The molecule has 3 unspecified atom stereocenters. The molecule has 3 nitrogen and oxygen atoms in total. The SMILES string of the molecule is CCC(N)C(c1ccc(Br)cc1)N1CCCCC1CCO. The Kier molecular flexibility index (Phi) is 6.68. The lowest BCUT2D eigenvalue weighted by Crippen LogP contribution is -2.48. The standard InChI is InChI=1S/C17H27BrN2O/c1-2-16(19)17(13-6-8-14(18)9-7-13)20-11-4-3-5-15(20)10-12-21/h6-9,15-17,21H,2-5,10-12,19H2,1H3. The minimum absolute atomic E-state index is 0.130. The maximum Gasteiger partial charge on any atom is 0.0502 e. The van der Waals surface area contributed by atoms with Crippen LogP contribution in [0.15, 0.2) is 28.7 Å². The van der Waals surface area contributed by atoms with Gasteiger partial charge in [-0.05, 0) is 49.9 Å². The molecular formula is C17H27BrN2O. The highest BCUT2D eigenvalue weighted by Crippen LogP contribution is 2.33. The molecule has 118 valence electrons. The number of hydrogen-bond donors (Lipinski definition) is 2. The van der Waals surface area contributed by atoms with Crippen molar-refractivity contribution in [2.24, 2.45) is 5.73 Å². The Balaban J connectivity index is 2.27. The van der Waals surface area contributed by atoms with Crippen molar-refractivity contribution in [2.75, 3.05) is 13.2 Å². The fraction of sp³-hybridized carbons (Fsp3) is 0.647. The maximum atomic E-state index is 9.36. The molecule has 3 N–H and O–H groups in total. The van der Waals surface area contributed by atoms with Gasteiger partial charge in [0.1, 0.15) is 0 Å². The highest BCUT2D eigenvalue weighted by Gasteiger charge is 2.32. The van der Waals surface area contributed by atoms with Crippen molar-refractivity contribution in [3.05, 3.63) is 34.3 Å². The molecule has 1 aromatic carbocycles. The number of halogens is 1. The van der Waals surface area contributed by atoms with E-state index in [0.29, 0.717) is 6.04 Å². The molecule has 1 aromatic rings. The van der Waals surface area contributed by atoms with Gasteiger partial charge in [-0.25, -0.2) is 0 Å². The molecule has 0 amide bonds. The zero-order valence-corrected chi connectivity index (χ0v) is 14.4. The lowest BCUT2D eigenvalue weighted by atomic mass is 9.90. The number of nitrogens with two attached hydrogens (primary N) is 1. The van der Waals surface area contributed by atoms with Crippen LogP contribution in [0, 0.1) is 0 Å². The first-order chi connectivity index (χ1) is 10.2. The second-order valence-corrected chi connectivity index (χ2v) is 6.88. The molecule has 1 aliphatic rings. The van der Waals surface area contributed by atoms with Crippen LogP contribution in [0.3, 0.4) is 0 Å². The number of hydrogen-bond acceptors (Lipinski definition) is 3. The van der Waals surface area contributed by atoms with Gasteiger partial charge < -0.3 is 10.8 Å². The molecule has 1 heterocycles. The van der Waals surface area contributed by atoms with Crippen LogP contribution in [0.4, 0.5) is 0 Å². The van der Waals surface area contributed by atoms with Gasteiger partial charge in [-0.15, -0.1) is 0 Å². The monoisotopic (exact) mass is 354 g/mol. The molecule has 1 saturated heterocycles. The van der Waals surface area contributed by atoms with Gasteiger partial charge in [0.05, 0.1) is 6.04 Å². The highest BCUT2D eigenvalue weighted by molar-refractivity contribution is 9.10. The summed E-state index contributed by atoms with van der Waals surface area (Å²) in [5, 5.41) is 9.36. The average molecular weight is 355 g/mol. The predicted molar refractivity (Wildman–Crippen MR) is 91.2 cm³/mol. The maximum absolute atomic E-state index is 9.36. The molecule has 4 heteroatoms. The second kappa shape index (κ2) is 8.28. The summed E-state index contributed by atoms with van der Waals surface area (Å²) in [4.78, 5) is 2.54. The number of rotatable bonds is 6. The summed E-state index contributed by atoms with van der Waals surface area (Å²) in [6.45, 7) is 3.50. The molecule has 0 aliphatic carbocycles. The first-order valence-corrected chi connectivity index (χ1v) is 8.84. The van der Waals surface area contributed by atoms with Gasteiger partial charge >= 0.3 is 0 Å². The van der Waals surface area contributed by atoms with Crippen molar-refractivity contribution >= 4 is 15.9 Å². The van der Waals surface area contributed by atoms with E-state index in [-0.39, 0.29) is 18.7 Å². The molecule has 21 heavy (non-hydrogen) atoms. The van der Waals surface area contributed by atoms with E-state index in [0.717, 1.165) is 23.9 Å². The summed E-state index contributed by atoms with van der Waals surface area (Å²) in [5.41, 5.74) is 7.75. The molecule has 3 atom stereocenters. The Morgan fingerprint density at radius 1 is 1.33 bits per heavy atom. The summed E-state index contributed by atoms with van der Waals surface area (Å²) in [7, 11) is 0. The van der Waals surface area contributed by atoms with Crippen molar-refractivity contribution in [1.29, 1.82) is 0 Å². The van der Waals surface area contributed by atoms with Crippen molar-refractivity contribution in [1.82, 2.24) is 4.90 Å². The molecule has 2 rings (SSSR count). The van der Waals surface area contributed by atoms with Gasteiger partial charge in [0.2, 0.25) is 0 Å². The zero-order valence-electron chi connectivity index (χ0n) is 12.8. The van der Waals surface area contributed by atoms with Crippen LogP contribution < -0.4 is 5.73 Å². The third-order valence-electron chi connectivity index (χ3n) is 4.58. The molecule has 1 fully saturated rings. The molecular weight excluding hydrogens is 328 g/mol. The third kappa shape index (κ3) is 4.28. The van der Waals surface area contributed by atoms with Gasteiger partial charge in [-0.3, -0.25) is 4.90 Å². The fourth-order valence-corrected chi connectivity index (χ4v) is 3.68.